The molecule has 0 atom stereocenters. The van der Waals surface area contributed by atoms with E-state index in [0.717, 1.165) is 27.4 Å². The van der Waals surface area contributed by atoms with Gasteiger partial charge >= 0.3 is 0 Å². The summed E-state index contributed by atoms with van der Waals surface area (Å²) in [4.78, 5) is 4.94. The average molecular weight is 407 g/mol. The van der Waals surface area contributed by atoms with Gasteiger partial charge in [-0.1, -0.05) is 60.2 Å². The molecule has 0 aliphatic rings. The summed E-state index contributed by atoms with van der Waals surface area (Å²) in [6, 6.07) is 24.0. The van der Waals surface area contributed by atoms with E-state index >= 15 is 0 Å². The van der Waals surface area contributed by atoms with Crippen LogP contribution in [0.25, 0.3) is 21.8 Å². The van der Waals surface area contributed by atoms with Crippen LogP contribution in [0.5, 0.6) is 0 Å². The molecule has 1 N–H and O–H groups in total. The van der Waals surface area contributed by atoms with Crippen LogP contribution in [0, 0.1) is 6.92 Å². The lowest BCUT2D eigenvalue weighted by atomic mass is 10.1. The molecule has 3 aromatic carbocycles. The monoisotopic (exact) mass is 406 g/mol. The molecule has 0 amide bonds. The van der Waals surface area contributed by atoms with Gasteiger partial charge in [-0.25, -0.2) is 13.4 Å². The number of sulfonamides is 1. The number of hydrogen-bond donors (Lipinski definition) is 1. The molecule has 0 spiro atoms. The van der Waals surface area contributed by atoms with E-state index in [2.05, 4.69) is 4.72 Å². The molecule has 28 heavy (non-hydrogen) atoms. The number of hydrogen-bond acceptors (Lipinski definition) is 4. The molecule has 0 aliphatic heterocycles. The van der Waals surface area contributed by atoms with Crippen LogP contribution < -0.4 is 4.72 Å². The summed E-state index contributed by atoms with van der Waals surface area (Å²) < 4.78 is 27.9. The molecule has 0 saturated carbocycles. The van der Waals surface area contributed by atoms with Gasteiger partial charge in [-0.15, -0.1) is 11.3 Å². The Labute approximate surface area is 168 Å². The van der Waals surface area contributed by atoms with E-state index in [1.165, 1.54) is 0 Å². The Bertz CT molecular complexity index is 1200. The van der Waals surface area contributed by atoms with Crippen LogP contribution >= 0.6 is 11.3 Å². The molecule has 4 nitrogen and oxygen atoms in total. The van der Waals surface area contributed by atoms with Crippen molar-refractivity contribution in [1.82, 2.24) is 4.98 Å². The number of rotatable bonds is 5. The zero-order chi connectivity index (χ0) is 19.6. The maximum Gasteiger partial charge on any atom is 0.261 e. The van der Waals surface area contributed by atoms with Gasteiger partial charge in [-0.05, 0) is 31.2 Å². The number of benzene rings is 3. The second kappa shape index (κ2) is 7.58. The van der Waals surface area contributed by atoms with Gasteiger partial charge in [0.25, 0.3) is 10.0 Å². The lowest BCUT2D eigenvalue weighted by Crippen LogP contribution is -2.12. The van der Waals surface area contributed by atoms with E-state index in [9.17, 15) is 8.42 Å². The van der Waals surface area contributed by atoms with E-state index in [4.69, 9.17) is 4.98 Å². The van der Waals surface area contributed by atoms with Crippen LogP contribution in [0.3, 0.4) is 0 Å². The summed E-state index contributed by atoms with van der Waals surface area (Å²) in [5.41, 5.74) is 4.27. The number of anilines is 1. The summed E-state index contributed by atoms with van der Waals surface area (Å²) in [7, 11) is -3.63. The van der Waals surface area contributed by atoms with E-state index in [1.54, 1.807) is 47.7 Å². The van der Waals surface area contributed by atoms with Crippen molar-refractivity contribution < 1.29 is 8.42 Å². The molecular weight excluding hydrogens is 388 g/mol. The number of nitrogens with one attached hydrogen (secondary N) is 1. The van der Waals surface area contributed by atoms with Gasteiger partial charge in [-0.2, -0.15) is 0 Å². The predicted molar refractivity (Wildman–Crippen MR) is 115 cm³/mol. The smallest absolute Gasteiger partial charge is 0.261 e. The first-order chi connectivity index (χ1) is 13.5. The van der Waals surface area contributed by atoms with Crippen molar-refractivity contribution in [3.63, 3.8) is 0 Å². The molecule has 0 bridgehead atoms. The van der Waals surface area contributed by atoms with E-state index in [-0.39, 0.29) is 4.90 Å². The van der Waals surface area contributed by atoms with Crippen LogP contribution in [-0.2, 0) is 10.0 Å². The minimum absolute atomic E-state index is 0.239. The van der Waals surface area contributed by atoms with Crippen molar-refractivity contribution >= 4 is 27.0 Å². The largest absolute Gasteiger partial charge is 0.280 e. The van der Waals surface area contributed by atoms with Gasteiger partial charge in [0.1, 0.15) is 5.01 Å². The minimum atomic E-state index is -3.63. The second-order valence-electron chi connectivity index (χ2n) is 6.40. The molecular formula is C22H18N2O2S2. The highest BCUT2D eigenvalue weighted by Gasteiger charge is 2.14. The van der Waals surface area contributed by atoms with Gasteiger partial charge in [-0.3, -0.25) is 4.72 Å². The summed E-state index contributed by atoms with van der Waals surface area (Å²) >= 11 is 1.56. The van der Waals surface area contributed by atoms with Crippen molar-refractivity contribution in [3.8, 4) is 21.8 Å². The van der Waals surface area contributed by atoms with Gasteiger partial charge in [0.05, 0.1) is 10.6 Å². The zero-order valence-electron chi connectivity index (χ0n) is 15.2. The number of aryl methyl sites for hydroxylation is 1. The van der Waals surface area contributed by atoms with Crippen LogP contribution in [0.1, 0.15) is 5.56 Å². The third-order valence-electron chi connectivity index (χ3n) is 4.27. The molecule has 0 unspecified atom stereocenters. The highest BCUT2D eigenvalue weighted by atomic mass is 32.2. The Morgan fingerprint density at radius 2 is 1.57 bits per heavy atom. The number of aromatic nitrogens is 1. The molecule has 4 aromatic rings. The standard InChI is InChI=1S/C22H18N2O2S2/c1-16-10-12-20(13-11-16)28(25,26)24-19-9-5-8-18(14-19)21-15-27-22(23-21)17-6-3-2-4-7-17/h2-15,24H,1H3. The molecule has 6 heteroatoms. The number of nitrogens with zero attached hydrogens (tertiary/aromatic N) is 1. The normalized spacial score (nSPS) is 11.3. The fraction of sp³-hybridized carbons (Fsp3) is 0.0455. The maximum atomic E-state index is 12.6. The second-order valence-corrected chi connectivity index (χ2v) is 8.94. The van der Waals surface area contributed by atoms with Crippen molar-refractivity contribution in [2.24, 2.45) is 0 Å². The van der Waals surface area contributed by atoms with Gasteiger partial charge < -0.3 is 0 Å². The van der Waals surface area contributed by atoms with Crippen LogP contribution in [-0.4, -0.2) is 13.4 Å². The molecule has 1 heterocycles. The first kappa shape index (κ1) is 18.4. The first-order valence-corrected chi connectivity index (χ1v) is 11.1. The summed E-state index contributed by atoms with van der Waals surface area (Å²) in [6.07, 6.45) is 0. The van der Waals surface area contributed by atoms with Gasteiger partial charge in [0.2, 0.25) is 0 Å². The van der Waals surface area contributed by atoms with Crippen molar-refractivity contribution in [2.75, 3.05) is 4.72 Å². The van der Waals surface area contributed by atoms with Gasteiger partial charge in [0.15, 0.2) is 0 Å². The van der Waals surface area contributed by atoms with Gasteiger partial charge in [0, 0.05) is 22.2 Å². The first-order valence-electron chi connectivity index (χ1n) is 8.72. The van der Waals surface area contributed by atoms with Crippen molar-refractivity contribution in [2.45, 2.75) is 11.8 Å². The molecule has 0 saturated heterocycles. The van der Waals surface area contributed by atoms with Crippen molar-refractivity contribution in [1.29, 1.82) is 0 Å². The summed E-state index contributed by atoms with van der Waals surface area (Å²) in [5.74, 6) is 0. The third kappa shape index (κ3) is 3.98. The molecule has 4 rings (SSSR count). The fourth-order valence-electron chi connectivity index (χ4n) is 2.79. The lowest BCUT2D eigenvalue weighted by Gasteiger charge is -2.09. The Morgan fingerprint density at radius 1 is 0.857 bits per heavy atom. The maximum absolute atomic E-state index is 12.6. The molecule has 0 radical (unpaired) electrons. The summed E-state index contributed by atoms with van der Waals surface area (Å²) in [6.45, 7) is 1.92. The fourth-order valence-corrected chi connectivity index (χ4v) is 4.68. The SMILES string of the molecule is Cc1ccc(S(=O)(=O)Nc2cccc(-c3csc(-c4ccccc4)n3)c2)cc1. The van der Waals surface area contributed by atoms with Crippen LogP contribution in [0.4, 0.5) is 5.69 Å². The molecule has 140 valence electrons. The minimum Gasteiger partial charge on any atom is -0.280 e. The molecule has 1 aromatic heterocycles. The Morgan fingerprint density at radius 3 is 2.32 bits per heavy atom. The van der Waals surface area contributed by atoms with Crippen LogP contribution in [0.15, 0.2) is 89.1 Å². The van der Waals surface area contributed by atoms with Crippen molar-refractivity contribution in [3.05, 3.63) is 89.8 Å². The molecule has 0 fully saturated rings. The topological polar surface area (TPSA) is 59.1 Å². The van der Waals surface area contributed by atoms with E-state index in [1.807, 2.05) is 54.8 Å². The zero-order valence-corrected chi connectivity index (χ0v) is 16.8. The average Bonchev–Trinajstić information content (AvgIpc) is 3.19. The third-order valence-corrected chi connectivity index (χ3v) is 6.56. The predicted octanol–water partition coefficient (Wildman–Crippen LogP) is 5.59. The quantitative estimate of drug-likeness (QED) is 0.470. The Balaban J connectivity index is 1.60. The highest BCUT2D eigenvalue weighted by Crippen LogP contribution is 2.30. The summed E-state index contributed by atoms with van der Waals surface area (Å²) in [5, 5.41) is 2.91. The lowest BCUT2D eigenvalue weighted by molar-refractivity contribution is 0.601. The van der Waals surface area contributed by atoms with Crippen LogP contribution in [0.2, 0.25) is 0 Å². The van der Waals surface area contributed by atoms with E-state index in [0.29, 0.717) is 5.69 Å². The Hall–Kier alpha value is -2.96. The number of thiazole rings is 1. The molecule has 0 aliphatic carbocycles. The Kier molecular flexibility index (Phi) is 4.98. The highest BCUT2D eigenvalue weighted by molar-refractivity contribution is 7.92. The van der Waals surface area contributed by atoms with E-state index < -0.39 is 10.0 Å².